The van der Waals surface area contributed by atoms with E-state index in [1.54, 1.807) is 36.7 Å². The molecule has 2 aromatic rings. The van der Waals surface area contributed by atoms with E-state index in [9.17, 15) is 14.7 Å². The predicted octanol–water partition coefficient (Wildman–Crippen LogP) is 3.41. The molecule has 1 aromatic carbocycles. The zero-order valence-electron chi connectivity index (χ0n) is 19.3. The maximum absolute atomic E-state index is 13.0. The van der Waals surface area contributed by atoms with Crippen LogP contribution in [0.4, 0.5) is 0 Å². The Labute approximate surface area is 189 Å². The fraction of sp³-hybridized carbons (Fsp3) is 0.400. The molecular weight excluding hydrogens is 406 g/mol. The molecule has 1 aromatic heterocycles. The molecule has 0 radical (unpaired) electrons. The van der Waals surface area contributed by atoms with Crippen LogP contribution < -0.4 is 4.74 Å². The number of amides is 1. The van der Waals surface area contributed by atoms with Crippen LogP contribution in [0.3, 0.4) is 0 Å². The maximum Gasteiger partial charge on any atom is 0.295 e. The van der Waals surface area contributed by atoms with Crippen LogP contribution in [0, 0.1) is 12.8 Å². The summed E-state index contributed by atoms with van der Waals surface area (Å²) in [4.78, 5) is 33.5. The van der Waals surface area contributed by atoms with Crippen LogP contribution in [0.1, 0.15) is 36.6 Å². The Balaban J connectivity index is 2.05. The zero-order chi connectivity index (χ0) is 23.4. The fourth-order valence-corrected chi connectivity index (χ4v) is 3.67. The van der Waals surface area contributed by atoms with E-state index in [-0.39, 0.29) is 11.3 Å². The van der Waals surface area contributed by atoms with E-state index >= 15 is 0 Å². The number of nitrogens with zero attached hydrogens (tertiary/aromatic N) is 3. The van der Waals surface area contributed by atoms with Crippen molar-refractivity contribution < 1.29 is 19.4 Å². The number of hydrogen-bond acceptors (Lipinski definition) is 6. The number of likely N-dealkylation sites (N-methyl/N-ethyl adjacent to an activating group) is 1. The summed E-state index contributed by atoms with van der Waals surface area (Å²) in [5, 5.41) is 11.2. The van der Waals surface area contributed by atoms with E-state index in [0.29, 0.717) is 36.7 Å². The molecule has 7 nitrogen and oxygen atoms in total. The number of rotatable bonds is 8. The third kappa shape index (κ3) is 4.99. The number of benzene rings is 1. The Morgan fingerprint density at radius 1 is 1.25 bits per heavy atom. The largest absolute Gasteiger partial charge is 0.507 e. The number of pyridine rings is 1. The van der Waals surface area contributed by atoms with Gasteiger partial charge in [-0.1, -0.05) is 19.9 Å². The molecule has 0 bridgehead atoms. The van der Waals surface area contributed by atoms with Crippen LogP contribution in [0.25, 0.3) is 5.76 Å². The normalized spacial score (nSPS) is 18.1. The van der Waals surface area contributed by atoms with E-state index in [1.165, 1.54) is 4.90 Å². The van der Waals surface area contributed by atoms with E-state index in [0.717, 1.165) is 11.3 Å². The molecule has 7 heteroatoms. The second-order valence-corrected chi connectivity index (χ2v) is 8.77. The number of aryl methyl sites for hydroxylation is 1. The van der Waals surface area contributed by atoms with E-state index in [1.807, 2.05) is 32.0 Å². The Morgan fingerprint density at radius 2 is 2.00 bits per heavy atom. The van der Waals surface area contributed by atoms with Crippen molar-refractivity contribution >= 4 is 17.4 Å². The molecule has 170 valence electrons. The number of likely N-dealkylation sites (tertiary alicyclic amines) is 1. The van der Waals surface area contributed by atoms with Gasteiger partial charge in [0.25, 0.3) is 11.7 Å². The summed E-state index contributed by atoms with van der Waals surface area (Å²) < 4.78 is 5.82. The van der Waals surface area contributed by atoms with Gasteiger partial charge in [0, 0.05) is 31.0 Å². The molecule has 1 amide bonds. The first-order chi connectivity index (χ1) is 15.2. The summed E-state index contributed by atoms with van der Waals surface area (Å²) in [6.45, 7) is 7.57. The van der Waals surface area contributed by atoms with Gasteiger partial charge in [-0.2, -0.15) is 0 Å². The number of aromatic nitrogens is 1. The molecule has 1 fully saturated rings. The molecule has 0 aliphatic carbocycles. The highest BCUT2D eigenvalue weighted by Gasteiger charge is 2.46. The lowest BCUT2D eigenvalue weighted by atomic mass is 9.95. The van der Waals surface area contributed by atoms with Gasteiger partial charge in [0.05, 0.1) is 18.2 Å². The second kappa shape index (κ2) is 9.96. The van der Waals surface area contributed by atoms with Crippen LogP contribution in [0.5, 0.6) is 5.75 Å². The number of aliphatic hydroxyl groups excluding tert-OH is 1. The van der Waals surface area contributed by atoms with Gasteiger partial charge in [-0.3, -0.25) is 14.6 Å². The lowest BCUT2D eigenvalue weighted by Crippen LogP contribution is -2.35. The average molecular weight is 438 g/mol. The molecule has 0 saturated carbocycles. The van der Waals surface area contributed by atoms with Gasteiger partial charge < -0.3 is 19.6 Å². The van der Waals surface area contributed by atoms with Crippen molar-refractivity contribution in [2.75, 3.05) is 33.8 Å². The summed E-state index contributed by atoms with van der Waals surface area (Å²) in [5.41, 5.74) is 2.07. The second-order valence-electron chi connectivity index (χ2n) is 8.77. The molecule has 2 heterocycles. The summed E-state index contributed by atoms with van der Waals surface area (Å²) in [7, 11) is 3.81. The molecule has 3 rings (SSSR count). The fourth-order valence-electron chi connectivity index (χ4n) is 3.67. The minimum Gasteiger partial charge on any atom is -0.507 e. The Morgan fingerprint density at radius 3 is 2.59 bits per heavy atom. The number of Topliss-reactive ketones (excluding diaryl/α,β-unsaturated/α-hetero) is 1. The smallest absolute Gasteiger partial charge is 0.295 e. The van der Waals surface area contributed by atoms with Gasteiger partial charge in [-0.25, -0.2) is 0 Å². The van der Waals surface area contributed by atoms with Crippen LogP contribution in [-0.4, -0.2) is 65.4 Å². The number of carbonyl (C=O) groups excluding carboxylic acids is 2. The average Bonchev–Trinajstić information content (AvgIpc) is 3.01. The van der Waals surface area contributed by atoms with Crippen LogP contribution in [0.2, 0.25) is 0 Å². The first kappa shape index (κ1) is 23.5. The van der Waals surface area contributed by atoms with Gasteiger partial charge >= 0.3 is 0 Å². The van der Waals surface area contributed by atoms with Crippen molar-refractivity contribution in [1.29, 1.82) is 0 Å². The predicted molar refractivity (Wildman–Crippen MR) is 123 cm³/mol. The third-order valence-corrected chi connectivity index (χ3v) is 5.35. The van der Waals surface area contributed by atoms with Crippen LogP contribution in [0.15, 0.2) is 48.3 Å². The molecule has 0 unspecified atom stereocenters. The minimum atomic E-state index is -0.694. The van der Waals surface area contributed by atoms with E-state index < -0.39 is 17.7 Å². The highest BCUT2D eigenvalue weighted by Crippen LogP contribution is 2.39. The number of carbonyl (C=O) groups is 2. The van der Waals surface area contributed by atoms with Gasteiger partial charge in [-0.15, -0.1) is 0 Å². The van der Waals surface area contributed by atoms with Crippen molar-refractivity contribution in [3.05, 3.63) is 65.0 Å². The lowest BCUT2D eigenvalue weighted by Gasteiger charge is -2.26. The Bertz CT molecular complexity index is 1020. The van der Waals surface area contributed by atoms with Gasteiger partial charge in [0.1, 0.15) is 11.5 Å². The molecule has 1 aliphatic heterocycles. The van der Waals surface area contributed by atoms with Crippen molar-refractivity contribution in [3.63, 3.8) is 0 Å². The van der Waals surface area contributed by atoms with Gasteiger partial charge in [-0.05, 0) is 62.3 Å². The van der Waals surface area contributed by atoms with Crippen LogP contribution >= 0.6 is 0 Å². The number of ketones is 1. The first-order valence-electron chi connectivity index (χ1n) is 10.8. The van der Waals surface area contributed by atoms with Crippen molar-refractivity contribution in [2.24, 2.45) is 5.92 Å². The minimum absolute atomic E-state index is 0.0806. The highest BCUT2D eigenvalue weighted by molar-refractivity contribution is 6.46. The molecule has 1 saturated heterocycles. The zero-order valence-corrected chi connectivity index (χ0v) is 19.3. The van der Waals surface area contributed by atoms with E-state index in [4.69, 9.17) is 4.74 Å². The van der Waals surface area contributed by atoms with Crippen molar-refractivity contribution in [2.45, 2.75) is 26.8 Å². The van der Waals surface area contributed by atoms with Gasteiger partial charge in [0.15, 0.2) is 0 Å². The first-order valence-corrected chi connectivity index (χ1v) is 10.8. The maximum atomic E-state index is 13.0. The number of ether oxygens (including phenoxy) is 1. The Kier molecular flexibility index (Phi) is 7.30. The van der Waals surface area contributed by atoms with Crippen molar-refractivity contribution in [3.8, 4) is 5.75 Å². The van der Waals surface area contributed by atoms with Crippen LogP contribution in [-0.2, 0) is 9.59 Å². The highest BCUT2D eigenvalue weighted by atomic mass is 16.5. The Hall–Kier alpha value is -3.19. The molecule has 1 aliphatic rings. The number of aliphatic hydroxyl groups is 1. The monoisotopic (exact) mass is 437 g/mol. The lowest BCUT2D eigenvalue weighted by molar-refractivity contribution is -0.140. The number of hydrogen-bond donors (Lipinski definition) is 1. The summed E-state index contributed by atoms with van der Waals surface area (Å²) in [5.74, 6) is -0.377. The van der Waals surface area contributed by atoms with E-state index in [2.05, 4.69) is 18.8 Å². The molecular formula is C25H31N3O4. The quantitative estimate of drug-likeness (QED) is 0.387. The standard InChI is InChI=1S/C25H31N3O4/c1-16(2)15-32-20-9-8-18(13-17(20)3)23(29)21-22(19-7-6-10-26-14-19)28(12-11-27(4)5)25(31)24(21)30/h6-10,13-14,16,22,29H,11-12,15H2,1-5H3/t22-/m0/s1. The summed E-state index contributed by atoms with van der Waals surface area (Å²) >= 11 is 0. The SMILES string of the molecule is Cc1cc(C(O)=C2C(=O)C(=O)N(CCN(C)C)[C@H]2c2cccnc2)ccc1OCC(C)C. The molecule has 1 atom stereocenters. The third-order valence-electron chi connectivity index (χ3n) is 5.35. The molecule has 0 spiro atoms. The topological polar surface area (TPSA) is 83.0 Å². The van der Waals surface area contributed by atoms with Gasteiger partial charge in [0.2, 0.25) is 0 Å². The summed E-state index contributed by atoms with van der Waals surface area (Å²) in [6.07, 6.45) is 3.26. The summed E-state index contributed by atoms with van der Waals surface area (Å²) in [6, 6.07) is 8.15. The van der Waals surface area contributed by atoms with Crippen molar-refractivity contribution in [1.82, 2.24) is 14.8 Å². The molecule has 32 heavy (non-hydrogen) atoms. The molecule has 1 N–H and O–H groups in total.